The minimum Gasteiger partial charge on any atom is -0.478 e. The monoisotopic (exact) mass is 270 g/mol. The molecule has 0 aliphatic heterocycles. The van der Waals surface area contributed by atoms with Gasteiger partial charge in [-0.1, -0.05) is 0 Å². The molecule has 0 radical (unpaired) electrons. The maximum atomic E-state index is 10.6. The first-order valence-corrected chi connectivity index (χ1v) is 6.49. The molecule has 0 saturated carbocycles. The third-order valence-electron chi connectivity index (χ3n) is 1.70. The lowest BCUT2D eigenvalue weighted by atomic mass is 10.2. The van der Waals surface area contributed by atoms with Crippen LogP contribution in [0.2, 0.25) is 0 Å². The highest BCUT2D eigenvalue weighted by Crippen LogP contribution is 2.09. The van der Waals surface area contributed by atoms with Crippen molar-refractivity contribution in [2.45, 2.75) is 0 Å². The minimum atomic E-state index is -3.67. The van der Waals surface area contributed by atoms with E-state index in [4.69, 9.17) is 9.66 Å². The van der Waals surface area contributed by atoms with Crippen molar-refractivity contribution in [2.75, 3.05) is 6.26 Å². The van der Waals surface area contributed by atoms with Gasteiger partial charge in [-0.05, 0) is 18.2 Å². The predicted molar refractivity (Wildman–Crippen MR) is 64.0 cm³/mol. The molecule has 0 amide bonds. The summed E-state index contributed by atoms with van der Waals surface area (Å²) in [5, 5.41) is 9.42. The van der Waals surface area contributed by atoms with Crippen LogP contribution in [-0.4, -0.2) is 40.3 Å². The maximum absolute atomic E-state index is 10.6. The molecule has 0 fully saturated rings. The van der Waals surface area contributed by atoms with Crippen molar-refractivity contribution in [1.82, 2.24) is 9.97 Å². The van der Waals surface area contributed by atoms with Gasteiger partial charge in [0.15, 0.2) is 5.65 Å². The summed E-state index contributed by atoms with van der Waals surface area (Å²) >= 11 is 0. The van der Waals surface area contributed by atoms with Crippen molar-refractivity contribution < 1.29 is 22.9 Å². The molecule has 7 nitrogen and oxygen atoms in total. The molecule has 0 aromatic carbocycles. The molecule has 2 N–H and O–H groups in total. The van der Waals surface area contributed by atoms with E-state index < -0.39 is 16.1 Å². The van der Waals surface area contributed by atoms with Crippen LogP contribution < -0.4 is 0 Å². The molecule has 18 heavy (non-hydrogen) atoms. The molecule has 0 saturated heterocycles. The van der Waals surface area contributed by atoms with E-state index >= 15 is 0 Å². The number of carbonyl (C=O) groups is 1. The van der Waals surface area contributed by atoms with Crippen LogP contribution in [0, 0.1) is 0 Å². The normalized spacial score (nSPS) is 10.6. The Hall–Kier alpha value is -2.06. The number of carboxylic acid groups (broad SMARTS) is 1. The van der Waals surface area contributed by atoms with Gasteiger partial charge in [0.2, 0.25) is 0 Å². The number of aromatic nitrogens is 2. The number of carboxylic acids is 1. The average Bonchev–Trinajstić information content (AvgIpc) is 2.26. The standard InChI is InChI=1S/C9H6N2O2.CH4O3S/c12-9(13)7-4-6-2-1-3-10-8(6)11-5-7;1-5(2,3)4/h1-5H,(H,12,13);1H3,(H,2,3,4). The van der Waals surface area contributed by atoms with Crippen LogP contribution in [0.3, 0.4) is 0 Å². The van der Waals surface area contributed by atoms with Crippen molar-refractivity contribution in [3.05, 3.63) is 36.2 Å². The van der Waals surface area contributed by atoms with E-state index in [1.165, 1.54) is 6.20 Å². The van der Waals surface area contributed by atoms with Gasteiger partial charge in [-0.25, -0.2) is 14.8 Å². The minimum absolute atomic E-state index is 0.181. The van der Waals surface area contributed by atoms with Crippen molar-refractivity contribution in [3.63, 3.8) is 0 Å². The highest BCUT2D eigenvalue weighted by Gasteiger charge is 2.03. The van der Waals surface area contributed by atoms with E-state index in [0.717, 1.165) is 5.39 Å². The van der Waals surface area contributed by atoms with Gasteiger partial charge in [0, 0.05) is 17.8 Å². The van der Waals surface area contributed by atoms with Crippen LogP contribution in [0.5, 0.6) is 0 Å². The van der Waals surface area contributed by atoms with Gasteiger partial charge in [-0.15, -0.1) is 0 Å². The van der Waals surface area contributed by atoms with Gasteiger partial charge >= 0.3 is 5.97 Å². The van der Waals surface area contributed by atoms with E-state index in [2.05, 4.69) is 9.97 Å². The molecule has 2 aromatic heterocycles. The number of hydrogen-bond donors (Lipinski definition) is 2. The molecule has 8 heteroatoms. The second-order valence-corrected chi connectivity index (χ2v) is 4.78. The molecule has 2 heterocycles. The van der Waals surface area contributed by atoms with Crippen molar-refractivity contribution in [1.29, 1.82) is 0 Å². The zero-order valence-electron chi connectivity index (χ0n) is 9.31. The lowest BCUT2D eigenvalue weighted by Gasteiger charge is -1.96. The Balaban J connectivity index is 0.000000280. The number of rotatable bonds is 1. The summed E-state index contributed by atoms with van der Waals surface area (Å²) in [4.78, 5) is 18.5. The Kier molecular flexibility index (Phi) is 4.29. The largest absolute Gasteiger partial charge is 0.478 e. The van der Waals surface area contributed by atoms with Crippen molar-refractivity contribution >= 4 is 27.1 Å². The molecule has 0 aliphatic rings. The number of aromatic carboxylic acids is 1. The summed E-state index contributed by atoms with van der Waals surface area (Å²) < 4.78 is 25.9. The Morgan fingerprint density at radius 3 is 2.50 bits per heavy atom. The summed E-state index contributed by atoms with van der Waals surface area (Å²) in [7, 11) is -3.67. The Morgan fingerprint density at radius 2 is 1.94 bits per heavy atom. The van der Waals surface area contributed by atoms with Crippen LogP contribution >= 0.6 is 0 Å². The topological polar surface area (TPSA) is 117 Å². The van der Waals surface area contributed by atoms with Gasteiger partial charge < -0.3 is 5.11 Å². The van der Waals surface area contributed by atoms with Crippen LogP contribution in [0.15, 0.2) is 30.6 Å². The molecule has 0 atom stereocenters. The quantitative estimate of drug-likeness (QED) is 0.737. The Morgan fingerprint density at radius 1 is 1.33 bits per heavy atom. The fourth-order valence-corrected chi connectivity index (χ4v) is 1.08. The third kappa shape index (κ3) is 4.85. The van der Waals surface area contributed by atoms with Crippen molar-refractivity contribution in [2.24, 2.45) is 0 Å². The molecule has 0 unspecified atom stereocenters. The van der Waals surface area contributed by atoms with Gasteiger partial charge in [-0.2, -0.15) is 8.42 Å². The van der Waals surface area contributed by atoms with Crippen LogP contribution in [0.4, 0.5) is 0 Å². The first kappa shape index (κ1) is 14.0. The fourth-order valence-electron chi connectivity index (χ4n) is 1.08. The number of fused-ring (bicyclic) bond motifs is 1. The van der Waals surface area contributed by atoms with E-state index in [0.29, 0.717) is 11.9 Å². The van der Waals surface area contributed by atoms with Gasteiger partial charge in [-0.3, -0.25) is 4.55 Å². The zero-order valence-corrected chi connectivity index (χ0v) is 10.1. The second-order valence-electron chi connectivity index (χ2n) is 3.31. The Bertz CT molecular complexity index is 661. The fraction of sp³-hybridized carbons (Fsp3) is 0.100. The summed E-state index contributed by atoms with van der Waals surface area (Å²) in [6, 6.07) is 5.08. The molecule has 2 aromatic rings. The number of pyridine rings is 2. The number of nitrogens with zero attached hydrogens (tertiary/aromatic N) is 2. The molecule has 2 rings (SSSR count). The van der Waals surface area contributed by atoms with Crippen LogP contribution in [0.25, 0.3) is 11.0 Å². The molecule has 0 bridgehead atoms. The predicted octanol–water partition coefficient (Wildman–Crippen LogP) is 0.832. The maximum Gasteiger partial charge on any atom is 0.337 e. The Labute approximate surface area is 103 Å². The van der Waals surface area contributed by atoms with Gasteiger partial charge in [0.25, 0.3) is 10.1 Å². The lowest BCUT2D eigenvalue weighted by Crippen LogP contribution is -1.97. The second kappa shape index (κ2) is 5.52. The van der Waals surface area contributed by atoms with E-state index in [1.807, 2.05) is 0 Å². The SMILES string of the molecule is CS(=O)(=O)O.O=C(O)c1cnc2ncccc2c1. The highest BCUT2D eigenvalue weighted by atomic mass is 32.2. The smallest absolute Gasteiger partial charge is 0.337 e. The van der Waals surface area contributed by atoms with E-state index in [1.54, 1.807) is 24.4 Å². The molecule has 0 spiro atoms. The average molecular weight is 270 g/mol. The first-order valence-electron chi connectivity index (χ1n) is 4.64. The molecular weight excluding hydrogens is 260 g/mol. The van der Waals surface area contributed by atoms with Gasteiger partial charge in [0.05, 0.1) is 11.8 Å². The summed E-state index contributed by atoms with van der Waals surface area (Å²) in [5.74, 6) is -0.974. The molecule has 0 aliphatic carbocycles. The zero-order chi connectivity index (χ0) is 13.8. The van der Waals surface area contributed by atoms with Crippen molar-refractivity contribution in [3.8, 4) is 0 Å². The molecule has 96 valence electrons. The van der Waals surface area contributed by atoms with Crippen LogP contribution in [-0.2, 0) is 10.1 Å². The summed E-state index contributed by atoms with van der Waals surface area (Å²) in [6.07, 6.45) is 3.64. The van der Waals surface area contributed by atoms with Crippen LogP contribution in [0.1, 0.15) is 10.4 Å². The highest BCUT2D eigenvalue weighted by molar-refractivity contribution is 7.85. The molecular formula is C10H10N2O5S. The van der Waals surface area contributed by atoms with E-state index in [-0.39, 0.29) is 5.56 Å². The lowest BCUT2D eigenvalue weighted by molar-refractivity contribution is 0.0696. The first-order chi connectivity index (χ1) is 8.27. The summed E-state index contributed by atoms with van der Waals surface area (Å²) in [6.45, 7) is 0. The van der Waals surface area contributed by atoms with Gasteiger partial charge in [0.1, 0.15) is 0 Å². The third-order valence-corrected chi connectivity index (χ3v) is 1.70. The van der Waals surface area contributed by atoms with E-state index in [9.17, 15) is 13.2 Å². The summed E-state index contributed by atoms with van der Waals surface area (Å²) in [5.41, 5.74) is 0.744. The number of hydrogen-bond acceptors (Lipinski definition) is 5.